The van der Waals surface area contributed by atoms with Crippen molar-refractivity contribution >= 4 is 46.5 Å². The molecule has 0 fully saturated rings. The Labute approximate surface area is 159 Å². The molecular weight excluding hydrogens is 372 g/mol. The minimum atomic E-state index is -0.227. The summed E-state index contributed by atoms with van der Waals surface area (Å²) in [4.78, 5) is 31.5. The second-order valence-electron chi connectivity index (χ2n) is 5.86. The zero-order valence-corrected chi connectivity index (χ0v) is 15.3. The molecule has 0 atom stereocenters. The molecule has 1 N–H and O–H groups in total. The van der Waals surface area contributed by atoms with Gasteiger partial charge in [0.05, 0.1) is 28.7 Å². The number of anilines is 1. The molecule has 2 amide bonds. The highest BCUT2D eigenvalue weighted by molar-refractivity contribution is 8.00. The first kappa shape index (κ1) is 16.9. The van der Waals surface area contributed by atoms with E-state index in [1.807, 2.05) is 40.9 Å². The Morgan fingerprint density at radius 1 is 1.23 bits per heavy atom. The fourth-order valence-corrected chi connectivity index (χ4v) is 3.92. The second kappa shape index (κ2) is 7.01. The summed E-state index contributed by atoms with van der Waals surface area (Å²) in [5, 5.41) is 3.44. The molecule has 4 rings (SSSR count). The first-order valence-electron chi connectivity index (χ1n) is 8.02. The highest BCUT2D eigenvalue weighted by atomic mass is 35.5. The van der Waals surface area contributed by atoms with Gasteiger partial charge in [0.15, 0.2) is 0 Å². The Morgan fingerprint density at radius 2 is 2.08 bits per heavy atom. The van der Waals surface area contributed by atoms with Crippen LogP contribution in [0.1, 0.15) is 5.69 Å². The number of aromatic nitrogens is 2. The lowest BCUT2D eigenvalue weighted by atomic mass is 10.2. The van der Waals surface area contributed by atoms with Gasteiger partial charge in [-0.25, -0.2) is 4.98 Å². The second-order valence-corrected chi connectivity index (χ2v) is 7.31. The molecule has 0 unspecified atom stereocenters. The molecular formula is C18H15ClN4O2S. The van der Waals surface area contributed by atoms with Crippen molar-refractivity contribution < 1.29 is 9.59 Å². The molecule has 0 saturated heterocycles. The summed E-state index contributed by atoms with van der Waals surface area (Å²) in [7, 11) is 0. The number of amides is 2. The molecule has 6 nitrogen and oxygen atoms in total. The van der Waals surface area contributed by atoms with Gasteiger partial charge in [0.25, 0.3) is 0 Å². The van der Waals surface area contributed by atoms with Gasteiger partial charge in [-0.1, -0.05) is 23.7 Å². The number of nitrogens with one attached hydrogen (secondary N) is 1. The lowest BCUT2D eigenvalue weighted by molar-refractivity contribution is -0.123. The number of halogens is 1. The number of hydrogen-bond acceptors (Lipinski definition) is 4. The van der Waals surface area contributed by atoms with Crippen LogP contribution < -0.4 is 10.2 Å². The van der Waals surface area contributed by atoms with E-state index in [-0.39, 0.29) is 24.9 Å². The topological polar surface area (TPSA) is 66.7 Å². The molecule has 1 aliphatic heterocycles. The van der Waals surface area contributed by atoms with E-state index in [9.17, 15) is 9.59 Å². The highest BCUT2D eigenvalue weighted by Gasteiger charge is 2.26. The lowest BCUT2D eigenvalue weighted by Gasteiger charge is -2.28. The van der Waals surface area contributed by atoms with Crippen molar-refractivity contribution in [3.63, 3.8) is 0 Å². The predicted octanol–water partition coefficient (Wildman–Crippen LogP) is 2.74. The van der Waals surface area contributed by atoms with Crippen LogP contribution in [0, 0.1) is 0 Å². The number of fused-ring (bicyclic) bond motifs is 2. The summed E-state index contributed by atoms with van der Waals surface area (Å²) in [5.74, 6) is 0.0543. The SMILES string of the molecule is O=C(CN1C(=O)CSc2ccccc21)NCc1cn2cc(Cl)ccc2n1. The molecule has 3 heterocycles. The minimum Gasteiger partial charge on any atom is -0.349 e. The number of para-hydroxylation sites is 1. The zero-order valence-electron chi connectivity index (χ0n) is 13.7. The third kappa shape index (κ3) is 3.40. The molecule has 0 bridgehead atoms. The Kier molecular flexibility index (Phi) is 4.57. The average Bonchev–Trinajstić information content (AvgIpc) is 3.04. The van der Waals surface area contributed by atoms with E-state index in [0.29, 0.717) is 10.8 Å². The molecule has 0 radical (unpaired) electrons. The van der Waals surface area contributed by atoms with Crippen LogP contribution in [0.5, 0.6) is 0 Å². The smallest absolute Gasteiger partial charge is 0.240 e. The van der Waals surface area contributed by atoms with Gasteiger partial charge in [0, 0.05) is 17.3 Å². The van der Waals surface area contributed by atoms with Crippen LogP contribution in [0.2, 0.25) is 5.02 Å². The van der Waals surface area contributed by atoms with E-state index in [1.165, 1.54) is 16.7 Å². The van der Waals surface area contributed by atoms with E-state index in [1.54, 1.807) is 12.3 Å². The molecule has 132 valence electrons. The quantitative estimate of drug-likeness (QED) is 0.748. The molecule has 0 saturated carbocycles. The summed E-state index contributed by atoms with van der Waals surface area (Å²) in [6, 6.07) is 11.2. The maximum Gasteiger partial charge on any atom is 0.240 e. The van der Waals surface area contributed by atoms with Gasteiger partial charge < -0.3 is 14.6 Å². The normalized spacial score (nSPS) is 13.7. The van der Waals surface area contributed by atoms with Gasteiger partial charge in [-0.15, -0.1) is 11.8 Å². The summed E-state index contributed by atoms with van der Waals surface area (Å²) in [6.07, 6.45) is 3.58. The molecule has 26 heavy (non-hydrogen) atoms. The van der Waals surface area contributed by atoms with Crippen molar-refractivity contribution in [3.05, 3.63) is 59.5 Å². The van der Waals surface area contributed by atoms with Crippen molar-refractivity contribution in [3.8, 4) is 0 Å². The number of nitrogens with zero attached hydrogens (tertiary/aromatic N) is 3. The van der Waals surface area contributed by atoms with Gasteiger partial charge in [0.2, 0.25) is 11.8 Å². The van der Waals surface area contributed by atoms with Crippen LogP contribution in [0.25, 0.3) is 5.65 Å². The third-order valence-corrected chi connectivity index (χ3v) is 5.31. The number of rotatable bonds is 4. The predicted molar refractivity (Wildman–Crippen MR) is 102 cm³/mol. The number of imidazole rings is 1. The number of carbonyl (C=O) groups excluding carboxylic acids is 2. The fraction of sp³-hybridized carbons (Fsp3) is 0.167. The lowest BCUT2D eigenvalue weighted by Crippen LogP contribution is -2.43. The van der Waals surface area contributed by atoms with Crippen LogP contribution in [-0.2, 0) is 16.1 Å². The number of pyridine rings is 1. The van der Waals surface area contributed by atoms with Crippen LogP contribution in [0.4, 0.5) is 5.69 Å². The monoisotopic (exact) mass is 386 g/mol. The average molecular weight is 387 g/mol. The van der Waals surface area contributed by atoms with Crippen LogP contribution in [0.15, 0.2) is 53.7 Å². The van der Waals surface area contributed by atoms with Crippen LogP contribution in [0.3, 0.4) is 0 Å². The third-order valence-electron chi connectivity index (χ3n) is 4.04. The highest BCUT2D eigenvalue weighted by Crippen LogP contribution is 2.34. The van der Waals surface area contributed by atoms with E-state index < -0.39 is 0 Å². The molecule has 8 heteroatoms. The van der Waals surface area contributed by atoms with Crippen molar-refractivity contribution in [1.29, 1.82) is 0 Å². The number of thioether (sulfide) groups is 1. The van der Waals surface area contributed by atoms with Crippen LogP contribution in [-0.4, -0.2) is 33.5 Å². The van der Waals surface area contributed by atoms with Crippen molar-refractivity contribution in [2.24, 2.45) is 0 Å². The molecule has 0 aliphatic carbocycles. The van der Waals surface area contributed by atoms with Crippen molar-refractivity contribution in [2.75, 3.05) is 17.2 Å². The van der Waals surface area contributed by atoms with Gasteiger partial charge in [-0.3, -0.25) is 9.59 Å². The summed E-state index contributed by atoms with van der Waals surface area (Å²) in [5.41, 5.74) is 2.27. The van der Waals surface area contributed by atoms with E-state index in [0.717, 1.165) is 21.9 Å². The van der Waals surface area contributed by atoms with Crippen molar-refractivity contribution in [2.45, 2.75) is 11.4 Å². The maximum absolute atomic E-state index is 12.3. The fourth-order valence-electron chi connectivity index (χ4n) is 2.82. The van der Waals surface area contributed by atoms with Gasteiger partial charge in [-0.2, -0.15) is 0 Å². The molecule has 0 spiro atoms. The number of benzene rings is 1. The van der Waals surface area contributed by atoms with Crippen molar-refractivity contribution in [1.82, 2.24) is 14.7 Å². The molecule has 2 aromatic heterocycles. The Morgan fingerprint density at radius 3 is 2.96 bits per heavy atom. The first-order valence-corrected chi connectivity index (χ1v) is 9.38. The number of hydrogen-bond donors (Lipinski definition) is 1. The van der Waals surface area contributed by atoms with Gasteiger partial charge in [-0.05, 0) is 24.3 Å². The Balaban J connectivity index is 1.43. The maximum atomic E-state index is 12.3. The Bertz CT molecular complexity index is 1000. The summed E-state index contributed by atoms with van der Waals surface area (Å²) < 4.78 is 1.81. The first-order chi connectivity index (χ1) is 12.6. The van der Waals surface area contributed by atoms with Crippen LogP contribution >= 0.6 is 23.4 Å². The van der Waals surface area contributed by atoms with E-state index in [2.05, 4.69) is 10.3 Å². The minimum absolute atomic E-state index is 0.00436. The Hall–Kier alpha value is -2.51. The van der Waals surface area contributed by atoms with E-state index in [4.69, 9.17) is 11.6 Å². The van der Waals surface area contributed by atoms with Gasteiger partial charge >= 0.3 is 0 Å². The largest absolute Gasteiger partial charge is 0.349 e. The number of carbonyl (C=O) groups is 2. The summed E-state index contributed by atoms with van der Waals surface area (Å²) in [6.45, 7) is 0.284. The molecule has 1 aromatic carbocycles. The zero-order chi connectivity index (χ0) is 18.1. The standard InChI is InChI=1S/C18H15ClN4O2S/c19-12-5-6-16-21-13(9-22(16)8-12)7-20-17(24)10-23-14-3-1-2-4-15(14)26-11-18(23)25/h1-6,8-9H,7,10-11H2,(H,20,24). The van der Waals surface area contributed by atoms with Gasteiger partial charge in [0.1, 0.15) is 12.2 Å². The molecule has 1 aliphatic rings. The van der Waals surface area contributed by atoms with E-state index >= 15 is 0 Å². The summed E-state index contributed by atoms with van der Waals surface area (Å²) >= 11 is 7.46. The molecule has 3 aromatic rings.